The van der Waals surface area contributed by atoms with Gasteiger partial charge in [-0.1, -0.05) is 18.2 Å². The van der Waals surface area contributed by atoms with E-state index in [-0.39, 0.29) is 5.56 Å². The second-order valence-electron chi connectivity index (χ2n) is 5.96. The number of fused-ring (bicyclic) bond motifs is 1. The van der Waals surface area contributed by atoms with Gasteiger partial charge in [0.05, 0.1) is 11.6 Å². The molecule has 4 nitrogen and oxygen atoms in total. The summed E-state index contributed by atoms with van der Waals surface area (Å²) in [5.41, 5.74) is 0.0334. The molecule has 1 aliphatic rings. The molecule has 0 radical (unpaired) electrons. The van der Waals surface area contributed by atoms with Crippen molar-refractivity contribution in [2.45, 2.75) is 32.9 Å². The van der Waals surface area contributed by atoms with Crippen molar-refractivity contribution in [1.29, 1.82) is 0 Å². The Bertz CT molecular complexity index is 662. The average molecular weight is 271 g/mol. The van der Waals surface area contributed by atoms with Crippen molar-refractivity contribution in [3.8, 4) is 0 Å². The third kappa shape index (κ3) is 2.48. The lowest BCUT2D eigenvalue weighted by molar-refractivity contribution is 0.258. The molecule has 0 amide bonds. The van der Waals surface area contributed by atoms with E-state index >= 15 is 0 Å². The summed E-state index contributed by atoms with van der Waals surface area (Å²) in [5, 5.41) is 6.01. The first-order valence-corrected chi connectivity index (χ1v) is 7.34. The van der Waals surface area contributed by atoms with Crippen LogP contribution in [0.3, 0.4) is 0 Å². The molecule has 4 heteroatoms. The van der Waals surface area contributed by atoms with Gasteiger partial charge in [0, 0.05) is 24.5 Å². The Kier molecular flexibility index (Phi) is 3.57. The molecule has 1 atom stereocenters. The van der Waals surface area contributed by atoms with Crippen LogP contribution in [0, 0.1) is 5.92 Å². The second-order valence-corrected chi connectivity index (χ2v) is 5.96. The molecule has 2 heterocycles. The molecule has 3 rings (SSSR count). The minimum absolute atomic E-state index is 0.0334. The lowest BCUT2D eigenvalue weighted by Crippen LogP contribution is -2.31. The first kappa shape index (κ1) is 13.3. The van der Waals surface area contributed by atoms with Crippen LogP contribution >= 0.6 is 0 Å². The van der Waals surface area contributed by atoms with Crippen LogP contribution in [0.5, 0.6) is 0 Å². The zero-order valence-corrected chi connectivity index (χ0v) is 12.1. The summed E-state index contributed by atoms with van der Waals surface area (Å²) in [5.74, 6) is 0.531. The monoisotopic (exact) mass is 271 g/mol. The van der Waals surface area contributed by atoms with Crippen molar-refractivity contribution in [1.82, 2.24) is 14.7 Å². The lowest BCUT2D eigenvalue weighted by Gasteiger charge is -2.20. The highest BCUT2D eigenvalue weighted by Gasteiger charge is 2.25. The van der Waals surface area contributed by atoms with Crippen LogP contribution in [0.15, 0.2) is 35.3 Å². The van der Waals surface area contributed by atoms with E-state index in [1.165, 1.54) is 0 Å². The van der Waals surface area contributed by atoms with Crippen molar-refractivity contribution in [3.63, 3.8) is 0 Å². The summed E-state index contributed by atoms with van der Waals surface area (Å²) in [7, 11) is 0. The minimum Gasteiger partial charge on any atom is -0.301 e. The van der Waals surface area contributed by atoms with Crippen molar-refractivity contribution in [3.05, 3.63) is 40.8 Å². The highest BCUT2D eigenvalue weighted by Crippen LogP contribution is 2.19. The second kappa shape index (κ2) is 5.37. The maximum atomic E-state index is 12.4. The number of likely N-dealkylation sites (tertiary alicyclic amines) is 1. The molecule has 0 N–H and O–H groups in total. The van der Waals surface area contributed by atoms with E-state index in [1.807, 2.05) is 24.3 Å². The summed E-state index contributed by atoms with van der Waals surface area (Å²) in [4.78, 5) is 14.9. The van der Waals surface area contributed by atoms with Gasteiger partial charge in [-0.15, -0.1) is 0 Å². The summed E-state index contributed by atoms with van der Waals surface area (Å²) >= 11 is 0. The van der Waals surface area contributed by atoms with Crippen LogP contribution in [0.25, 0.3) is 10.8 Å². The van der Waals surface area contributed by atoms with E-state index in [1.54, 1.807) is 10.9 Å². The van der Waals surface area contributed by atoms with Crippen LogP contribution in [-0.2, 0) is 6.54 Å². The number of hydrogen-bond acceptors (Lipinski definition) is 3. The summed E-state index contributed by atoms with van der Waals surface area (Å²) in [6.07, 6.45) is 2.95. The molecule has 2 aromatic rings. The molecule has 0 spiro atoms. The van der Waals surface area contributed by atoms with Crippen molar-refractivity contribution >= 4 is 10.8 Å². The molecular weight excluding hydrogens is 250 g/mol. The summed E-state index contributed by atoms with van der Waals surface area (Å²) in [6.45, 7) is 7.38. The Hall–Kier alpha value is -1.68. The fraction of sp³-hybridized carbons (Fsp3) is 0.500. The predicted molar refractivity (Wildman–Crippen MR) is 80.8 cm³/mol. The van der Waals surface area contributed by atoms with Crippen LogP contribution in [-0.4, -0.2) is 33.8 Å². The SMILES string of the molecule is CC(C)N1CC[C@H](Cn2ncc3ccccc3c2=O)C1. The Balaban J connectivity index is 1.82. The van der Waals surface area contributed by atoms with Crippen LogP contribution in [0.4, 0.5) is 0 Å². The van der Waals surface area contributed by atoms with Gasteiger partial charge in [0.15, 0.2) is 0 Å². The zero-order chi connectivity index (χ0) is 14.1. The number of nitrogens with zero attached hydrogens (tertiary/aromatic N) is 3. The number of rotatable bonds is 3. The standard InChI is InChI=1S/C16H21N3O/c1-12(2)18-8-7-13(10-18)11-19-16(20)15-6-4-3-5-14(15)9-17-19/h3-6,9,12-13H,7-8,10-11H2,1-2H3/t13-/m0/s1. The van der Waals surface area contributed by atoms with Gasteiger partial charge in [0.1, 0.15) is 0 Å². The van der Waals surface area contributed by atoms with E-state index in [0.29, 0.717) is 12.0 Å². The van der Waals surface area contributed by atoms with Gasteiger partial charge >= 0.3 is 0 Å². The molecule has 1 aromatic heterocycles. The van der Waals surface area contributed by atoms with E-state index in [0.717, 1.165) is 36.8 Å². The molecule has 20 heavy (non-hydrogen) atoms. The zero-order valence-electron chi connectivity index (χ0n) is 12.1. The summed E-state index contributed by atoms with van der Waals surface area (Å²) < 4.78 is 1.64. The van der Waals surface area contributed by atoms with E-state index < -0.39 is 0 Å². The molecule has 106 valence electrons. The maximum Gasteiger partial charge on any atom is 0.274 e. The molecule has 1 aromatic carbocycles. The van der Waals surface area contributed by atoms with E-state index in [2.05, 4.69) is 23.8 Å². The topological polar surface area (TPSA) is 38.1 Å². The first-order chi connectivity index (χ1) is 9.65. The molecular formula is C16H21N3O. The fourth-order valence-electron chi connectivity index (χ4n) is 2.98. The average Bonchev–Trinajstić information content (AvgIpc) is 2.91. The third-order valence-corrected chi connectivity index (χ3v) is 4.24. The molecule has 0 aliphatic carbocycles. The van der Waals surface area contributed by atoms with Gasteiger partial charge in [-0.3, -0.25) is 4.79 Å². The van der Waals surface area contributed by atoms with Crippen LogP contribution in [0.2, 0.25) is 0 Å². The molecule has 1 aliphatic heterocycles. The number of benzene rings is 1. The Morgan fingerprint density at radius 2 is 2.15 bits per heavy atom. The van der Waals surface area contributed by atoms with Gasteiger partial charge in [-0.25, -0.2) is 4.68 Å². The smallest absolute Gasteiger partial charge is 0.274 e. The highest BCUT2D eigenvalue weighted by molar-refractivity contribution is 5.80. The van der Waals surface area contributed by atoms with Gasteiger partial charge in [-0.05, 0) is 38.8 Å². The van der Waals surface area contributed by atoms with Crippen LogP contribution in [0.1, 0.15) is 20.3 Å². The fourth-order valence-corrected chi connectivity index (χ4v) is 2.98. The van der Waals surface area contributed by atoms with E-state index in [9.17, 15) is 4.79 Å². The number of hydrogen-bond donors (Lipinski definition) is 0. The highest BCUT2D eigenvalue weighted by atomic mass is 16.1. The van der Waals surface area contributed by atoms with Crippen molar-refractivity contribution in [2.75, 3.05) is 13.1 Å². The molecule has 0 unspecified atom stereocenters. The van der Waals surface area contributed by atoms with Gasteiger partial charge in [-0.2, -0.15) is 5.10 Å². The Morgan fingerprint density at radius 3 is 2.90 bits per heavy atom. The molecule has 1 fully saturated rings. The number of aromatic nitrogens is 2. The minimum atomic E-state index is 0.0334. The molecule has 0 saturated carbocycles. The van der Waals surface area contributed by atoms with Gasteiger partial charge < -0.3 is 4.90 Å². The van der Waals surface area contributed by atoms with E-state index in [4.69, 9.17) is 0 Å². The van der Waals surface area contributed by atoms with Crippen molar-refractivity contribution < 1.29 is 0 Å². The Morgan fingerprint density at radius 1 is 1.35 bits per heavy atom. The van der Waals surface area contributed by atoms with Crippen molar-refractivity contribution in [2.24, 2.45) is 5.92 Å². The third-order valence-electron chi connectivity index (χ3n) is 4.24. The molecule has 0 bridgehead atoms. The first-order valence-electron chi connectivity index (χ1n) is 7.34. The van der Waals surface area contributed by atoms with Gasteiger partial charge in [0.25, 0.3) is 5.56 Å². The van der Waals surface area contributed by atoms with Crippen LogP contribution < -0.4 is 5.56 Å². The van der Waals surface area contributed by atoms with Gasteiger partial charge in [0.2, 0.25) is 0 Å². The lowest BCUT2D eigenvalue weighted by atomic mass is 10.1. The largest absolute Gasteiger partial charge is 0.301 e. The predicted octanol–water partition coefficient (Wildman–Crippen LogP) is 2.13. The normalized spacial score (nSPS) is 20.1. The Labute approximate surface area is 119 Å². The maximum absolute atomic E-state index is 12.4. The molecule has 1 saturated heterocycles. The quantitative estimate of drug-likeness (QED) is 0.858. The summed E-state index contributed by atoms with van der Waals surface area (Å²) in [6, 6.07) is 8.24.